The largest absolute Gasteiger partial charge is 0.334 e. The van der Waals surface area contributed by atoms with Crippen LogP contribution in [0.15, 0.2) is 12.4 Å². The quantitative estimate of drug-likeness (QED) is 0.864. The summed E-state index contributed by atoms with van der Waals surface area (Å²) in [6.07, 6.45) is 8.70. The predicted octanol–water partition coefficient (Wildman–Crippen LogP) is 1.08. The molecular formula is C14H22N4O. The SMILES string of the molecule is Cn1cc(C2CCCN2C(=O)CNCC2CC2)cn1. The second kappa shape index (κ2) is 5.33. The molecule has 1 saturated heterocycles. The highest BCUT2D eigenvalue weighted by Gasteiger charge is 2.30. The number of aryl methyl sites for hydroxylation is 1. The van der Waals surface area contributed by atoms with E-state index in [0.717, 1.165) is 37.4 Å². The smallest absolute Gasteiger partial charge is 0.237 e. The van der Waals surface area contributed by atoms with Crippen molar-refractivity contribution in [3.8, 4) is 0 Å². The van der Waals surface area contributed by atoms with Crippen LogP contribution in [-0.2, 0) is 11.8 Å². The predicted molar refractivity (Wildman–Crippen MR) is 72.5 cm³/mol. The number of nitrogens with zero attached hydrogens (tertiary/aromatic N) is 3. The van der Waals surface area contributed by atoms with Crippen LogP contribution < -0.4 is 5.32 Å². The zero-order valence-electron chi connectivity index (χ0n) is 11.5. The molecule has 2 aliphatic rings. The van der Waals surface area contributed by atoms with Crippen molar-refractivity contribution < 1.29 is 4.79 Å². The Morgan fingerprint density at radius 2 is 2.32 bits per heavy atom. The Hall–Kier alpha value is -1.36. The Morgan fingerprint density at radius 3 is 3.00 bits per heavy atom. The number of hydrogen-bond donors (Lipinski definition) is 1. The molecule has 2 fully saturated rings. The molecule has 1 atom stereocenters. The number of hydrogen-bond acceptors (Lipinski definition) is 3. The van der Waals surface area contributed by atoms with Gasteiger partial charge in [0.1, 0.15) is 0 Å². The summed E-state index contributed by atoms with van der Waals surface area (Å²) in [5.41, 5.74) is 1.16. The summed E-state index contributed by atoms with van der Waals surface area (Å²) < 4.78 is 1.81. The summed E-state index contributed by atoms with van der Waals surface area (Å²) in [7, 11) is 1.92. The van der Waals surface area contributed by atoms with E-state index in [4.69, 9.17) is 0 Å². The number of likely N-dealkylation sites (tertiary alicyclic amines) is 1. The van der Waals surface area contributed by atoms with E-state index in [0.29, 0.717) is 6.54 Å². The molecule has 1 aliphatic heterocycles. The first-order chi connectivity index (χ1) is 9.24. The molecule has 1 amide bonds. The minimum atomic E-state index is 0.226. The lowest BCUT2D eigenvalue weighted by Gasteiger charge is -2.24. The summed E-state index contributed by atoms with van der Waals surface area (Å²) in [5.74, 6) is 1.05. The highest BCUT2D eigenvalue weighted by Crippen LogP contribution is 2.31. The van der Waals surface area contributed by atoms with E-state index in [2.05, 4.69) is 10.4 Å². The van der Waals surface area contributed by atoms with Gasteiger partial charge in [0.2, 0.25) is 5.91 Å². The molecule has 5 nitrogen and oxygen atoms in total. The van der Waals surface area contributed by atoms with Gasteiger partial charge in [-0.1, -0.05) is 0 Å². The average Bonchev–Trinajstić information content (AvgIpc) is 2.91. The fraction of sp³-hybridized carbons (Fsp3) is 0.714. The van der Waals surface area contributed by atoms with Crippen LogP contribution in [0.25, 0.3) is 0 Å². The lowest BCUT2D eigenvalue weighted by Crippen LogP contribution is -2.38. The molecule has 104 valence electrons. The third-order valence-corrected chi connectivity index (χ3v) is 4.09. The molecule has 0 radical (unpaired) electrons. The molecule has 1 aliphatic carbocycles. The van der Waals surface area contributed by atoms with Crippen molar-refractivity contribution in [2.24, 2.45) is 13.0 Å². The molecule has 1 aromatic rings. The molecule has 5 heteroatoms. The summed E-state index contributed by atoms with van der Waals surface area (Å²) in [4.78, 5) is 14.3. The first-order valence-electron chi connectivity index (χ1n) is 7.23. The van der Waals surface area contributed by atoms with E-state index >= 15 is 0 Å². The van der Waals surface area contributed by atoms with Crippen molar-refractivity contribution in [3.05, 3.63) is 18.0 Å². The second-order valence-electron chi connectivity index (χ2n) is 5.77. The number of rotatable bonds is 5. The minimum Gasteiger partial charge on any atom is -0.334 e. The number of amides is 1. The van der Waals surface area contributed by atoms with E-state index in [1.54, 1.807) is 0 Å². The second-order valence-corrected chi connectivity index (χ2v) is 5.77. The Kier molecular flexibility index (Phi) is 3.55. The van der Waals surface area contributed by atoms with Crippen LogP contribution in [0.1, 0.15) is 37.3 Å². The van der Waals surface area contributed by atoms with Gasteiger partial charge in [-0.3, -0.25) is 9.48 Å². The van der Waals surface area contributed by atoms with Gasteiger partial charge in [0.05, 0.1) is 18.8 Å². The average molecular weight is 262 g/mol. The highest BCUT2D eigenvalue weighted by molar-refractivity contribution is 5.79. The van der Waals surface area contributed by atoms with E-state index in [-0.39, 0.29) is 11.9 Å². The van der Waals surface area contributed by atoms with Crippen molar-refractivity contribution in [3.63, 3.8) is 0 Å². The summed E-state index contributed by atoms with van der Waals surface area (Å²) in [6, 6.07) is 0.226. The summed E-state index contributed by atoms with van der Waals surface area (Å²) in [5, 5.41) is 7.50. The van der Waals surface area contributed by atoms with E-state index < -0.39 is 0 Å². The zero-order chi connectivity index (χ0) is 13.2. The van der Waals surface area contributed by atoms with Crippen LogP contribution >= 0.6 is 0 Å². The van der Waals surface area contributed by atoms with Crippen LogP contribution in [-0.4, -0.2) is 40.2 Å². The maximum absolute atomic E-state index is 12.3. The van der Waals surface area contributed by atoms with Gasteiger partial charge in [-0.2, -0.15) is 5.10 Å². The van der Waals surface area contributed by atoms with Crippen LogP contribution in [0.3, 0.4) is 0 Å². The van der Waals surface area contributed by atoms with Crippen molar-refractivity contribution >= 4 is 5.91 Å². The minimum absolute atomic E-state index is 0.226. The Bertz CT molecular complexity index is 452. The third kappa shape index (κ3) is 2.97. The molecule has 0 spiro atoms. The monoisotopic (exact) mass is 262 g/mol. The zero-order valence-corrected chi connectivity index (χ0v) is 11.5. The number of nitrogens with one attached hydrogen (secondary N) is 1. The molecule has 0 aromatic carbocycles. The van der Waals surface area contributed by atoms with Gasteiger partial charge in [-0.05, 0) is 38.1 Å². The molecule has 3 rings (SSSR count). The number of carbonyl (C=O) groups excluding carboxylic acids is 1. The first-order valence-corrected chi connectivity index (χ1v) is 7.23. The van der Waals surface area contributed by atoms with E-state index in [9.17, 15) is 4.79 Å². The maximum atomic E-state index is 12.3. The van der Waals surface area contributed by atoms with Crippen molar-refractivity contribution in [1.82, 2.24) is 20.0 Å². The van der Waals surface area contributed by atoms with Gasteiger partial charge in [-0.25, -0.2) is 0 Å². The summed E-state index contributed by atoms with van der Waals surface area (Å²) >= 11 is 0. The third-order valence-electron chi connectivity index (χ3n) is 4.09. The standard InChI is InChI=1S/C14H22N4O/c1-17-10-12(8-16-17)13-3-2-6-18(13)14(19)9-15-7-11-4-5-11/h8,10-11,13,15H,2-7,9H2,1H3. The molecule has 19 heavy (non-hydrogen) atoms. The van der Waals surface area contributed by atoms with Gasteiger partial charge >= 0.3 is 0 Å². The number of carbonyl (C=O) groups is 1. The van der Waals surface area contributed by atoms with Crippen LogP contribution in [0.5, 0.6) is 0 Å². The van der Waals surface area contributed by atoms with E-state index in [1.165, 1.54) is 12.8 Å². The van der Waals surface area contributed by atoms with Crippen molar-refractivity contribution in [1.29, 1.82) is 0 Å². The van der Waals surface area contributed by atoms with Crippen molar-refractivity contribution in [2.75, 3.05) is 19.6 Å². The summed E-state index contributed by atoms with van der Waals surface area (Å²) in [6.45, 7) is 2.36. The Balaban J connectivity index is 1.56. The maximum Gasteiger partial charge on any atom is 0.237 e. The van der Waals surface area contributed by atoms with Gasteiger partial charge in [0, 0.05) is 25.4 Å². The Morgan fingerprint density at radius 1 is 1.47 bits per heavy atom. The molecule has 2 heterocycles. The van der Waals surface area contributed by atoms with E-state index in [1.807, 2.05) is 29.0 Å². The lowest BCUT2D eigenvalue weighted by atomic mass is 10.1. The normalized spacial score (nSPS) is 23.0. The van der Waals surface area contributed by atoms with Crippen LogP contribution in [0.4, 0.5) is 0 Å². The highest BCUT2D eigenvalue weighted by atomic mass is 16.2. The van der Waals surface area contributed by atoms with Gasteiger partial charge in [-0.15, -0.1) is 0 Å². The van der Waals surface area contributed by atoms with Gasteiger partial charge < -0.3 is 10.2 Å². The molecule has 1 unspecified atom stereocenters. The van der Waals surface area contributed by atoms with Gasteiger partial charge in [0.15, 0.2) is 0 Å². The molecule has 1 aromatic heterocycles. The lowest BCUT2D eigenvalue weighted by molar-refractivity contribution is -0.131. The van der Waals surface area contributed by atoms with Crippen LogP contribution in [0, 0.1) is 5.92 Å². The topological polar surface area (TPSA) is 50.2 Å². The van der Waals surface area contributed by atoms with Gasteiger partial charge in [0.25, 0.3) is 0 Å². The first kappa shape index (κ1) is 12.7. The fourth-order valence-electron chi connectivity index (χ4n) is 2.83. The fourth-order valence-corrected chi connectivity index (χ4v) is 2.83. The molecule has 0 bridgehead atoms. The van der Waals surface area contributed by atoms with Crippen LogP contribution in [0.2, 0.25) is 0 Å². The molecule has 1 saturated carbocycles. The molecular weight excluding hydrogens is 240 g/mol. The Labute approximate surface area is 114 Å². The van der Waals surface area contributed by atoms with Crippen molar-refractivity contribution in [2.45, 2.75) is 31.7 Å². The molecule has 1 N–H and O–H groups in total. The number of aromatic nitrogens is 2.